The van der Waals surface area contributed by atoms with E-state index < -0.39 is 0 Å². The minimum absolute atomic E-state index is 0.810. The fraction of sp³-hybridized carbons (Fsp3) is 0.467. The number of hydrogen-bond donors (Lipinski definition) is 2. The van der Waals surface area contributed by atoms with Gasteiger partial charge in [0.15, 0.2) is 0 Å². The van der Waals surface area contributed by atoms with Crippen LogP contribution >= 0.6 is 0 Å². The molecule has 1 heterocycles. The highest BCUT2D eigenvalue weighted by Gasteiger charge is 2.19. The van der Waals surface area contributed by atoms with Gasteiger partial charge in [-0.25, -0.2) is 0 Å². The van der Waals surface area contributed by atoms with Crippen LogP contribution < -0.4 is 10.6 Å². The summed E-state index contributed by atoms with van der Waals surface area (Å²) >= 11 is 0. The van der Waals surface area contributed by atoms with E-state index in [2.05, 4.69) is 52.7 Å². The van der Waals surface area contributed by atoms with Gasteiger partial charge in [0, 0.05) is 49.8 Å². The van der Waals surface area contributed by atoms with Gasteiger partial charge in [0.2, 0.25) is 0 Å². The first-order chi connectivity index (χ1) is 8.84. The number of aromatic nitrogens is 1. The molecule has 0 aliphatic heterocycles. The van der Waals surface area contributed by atoms with E-state index in [0.29, 0.717) is 0 Å². The van der Waals surface area contributed by atoms with Gasteiger partial charge in [-0.3, -0.25) is 0 Å². The lowest BCUT2D eigenvalue weighted by Crippen LogP contribution is -2.28. The fourth-order valence-corrected chi connectivity index (χ4v) is 2.44. The van der Waals surface area contributed by atoms with Crippen molar-refractivity contribution in [3.63, 3.8) is 0 Å². The van der Waals surface area contributed by atoms with Crippen LogP contribution in [0.4, 0.5) is 0 Å². The van der Waals surface area contributed by atoms with Crippen molar-refractivity contribution in [3.8, 4) is 0 Å². The van der Waals surface area contributed by atoms with Crippen molar-refractivity contribution in [2.75, 3.05) is 13.1 Å². The Labute approximate surface area is 108 Å². The summed E-state index contributed by atoms with van der Waals surface area (Å²) in [6.45, 7) is 3.07. The van der Waals surface area contributed by atoms with Crippen LogP contribution in [-0.2, 0) is 13.6 Å². The average molecular weight is 243 g/mol. The fourth-order valence-electron chi connectivity index (χ4n) is 2.44. The van der Waals surface area contributed by atoms with Gasteiger partial charge in [-0.2, -0.15) is 0 Å². The number of nitrogens with zero attached hydrogens (tertiary/aromatic N) is 1. The lowest BCUT2D eigenvalue weighted by Gasteiger charge is -2.04. The summed E-state index contributed by atoms with van der Waals surface area (Å²) in [5.41, 5.74) is 2.70. The van der Waals surface area contributed by atoms with Gasteiger partial charge in [-0.05, 0) is 24.5 Å². The van der Waals surface area contributed by atoms with Gasteiger partial charge in [-0.15, -0.1) is 0 Å². The Kier molecular flexibility index (Phi) is 3.35. The largest absolute Gasteiger partial charge is 0.350 e. The van der Waals surface area contributed by atoms with Gasteiger partial charge in [0.05, 0.1) is 0 Å². The van der Waals surface area contributed by atoms with E-state index in [9.17, 15) is 0 Å². The first-order valence-electron chi connectivity index (χ1n) is 6.81. The molecule has 2 aromatic rings. The molecule has 1 aromatic carbocycles. The second-order valence-corrected chi connectivity index (χ2v) is 5.19. The van der Waals surface area contributed by atoms with Crippen molar-refractivity contribution >= 4 is 10.9 Å². The quantitative estimate of drug-likeness (QED) is 0.760. The predicted octanol–water partition coefficient (Wildman–Crippen LogP) is 2.02. The Hall–Kier alpha value is -1.32. The molecule has 0 saturated heterocycles. The second-order valence-electron chi connectivity index (χ2n) is 5.19. The molecule has 1 saturated carbocycles. The molecule has 1 aliphatic carbocycles. The monoisotopic (exact) mass is 243 g/mol. The standard InChI is InChI=1S/C15H21N3/c1-18-11-12(14-4-2-3-5-15(14)18)10-16-8-9-17-13-6-7-13/h2-5,11,13,16-17H,6-10H2,1H3. The molecule has 0 unspecified atom stereocenters. The molecule has 96 valence electrons. The molecule has 18 heavy (non-hydrogen) atoms. The molecule has 1 aliphatic rings. The predicted molar refractivity (Wildman–Crippen MR) is 75.7 cm³/mol. The molecule has 0 bridgehead atoms. The summed E-state index contributed by atoms with van der Waals surface area (Å²) in [7, 11) is 2.11. The van der Waals surface area contributed by atoms with Crippen molar-refractivity contribution in [1.29, 1.82) is 0 Å². The molecular weight excluding hydrogens is 222 g/mol. The first kappa shape index (κ1) is 11.8. The molecule has 0 radical (unpaired) electrons. The Morgan fingerprint density at radius 3 is 2.89 bits per heavy atom. The maximum absolute atomic E-state index is 3.52. The summed E-state index contributed by atoms with van der Waals surface area (Å²) in [6, 6.07) is 9.39. The molecule has 3 rings (SSSR count). The van der Waals surface area contributed by atoms with Crippen LogP contribution in [-0.4, -0.2) is 23.7 Å². The summed E-state index contributed by atoms with van der Waals surface area (Å²) < 4.78 is 2.20. The van der Waals surface area contributed by atoms with Crippen LogP contribution in [0.25, 0.3) is 10.9 Å². The number of rotatable bonds is 6. The van der Waals surface area contributed by atoms with Crippen molar-refractivity contribution < 1.29 is 0 Å². The lowest BCUT2D eigenvalue weighted by molar-refractivity contribution is 0.609. The number of nitrogens with one attached hydrogen (secondary N) is 2. The maximum Gasteiger partial charge on any atom is 0.0481 e. The Morgan fingerprint density at radius 1 is 1.22 bits per heavy atom. The van der Waals surface area contributed by atoms with Crippen molar-refractivity contribution in [2.45, 2.75) is 25.4 Å². The highest BCUT2D eigenvalue weighted by molar-refractivity contribution is 5.83. The zero-order chi connectivity index (χ0) is 12.4. The third-order valence-corrected chi connectivity index (χ3v) is 3.61. The van der Waals surface area contributed by atoms with Gasteiger partial charge in [-0.1, -0.05) is 18.2 Å². The van der Waals surface area contributed by atoms with E-state index in [0.717, 1.165) is 25.7 Å². The molecule has 3 nitrogen and oxygen atoms in total. The summed E-state index contributed by atoms with van der Waals surface area (Å²) in [4.78, 5) is 0. The molecule has 2 N–H and O–H groups in total. The third kappa shape index (κ3) is 2.57. The molecule has 0 atom stereocenters. The number of aryl methyl sites for hydroxylation is 1. The Morgan fingerprint density at radius 2 is 2.06 bits per heavy atom. The van der Waals surface area contributed by atoms with Crippen LogP contribution in [0.1, 0.15) is 18.4 Å². The zero-order valence-electron chi connectivity index (χ0n) is 10.9. The van der Waals surface area contributed by atoms with E-state index in [4.69, 9.17) is 0 Å². The minimum Gasteiger partial charge on any atom is -0.350 e. The molecule has 1 aromatic heterocycles. The third-order valence-electron chi connectivity index (χ3n) is 3.61. The van der Waals surface area contributed by atoms with Crippen molar-refractivity contribution in [1.82, 2.24) is 15.2 Å². The Bertz CT molecular complexity index is 526. The lowest BCUT2D eigenvalue weighted by atomic mass is 10.2. The topological polar surface area (TPSA) is 29.0 Å². The highest BCUT2D eigenvalue weighted by Crippen LogP contribution is 2.20. The summed E-state index contributed by atoms with van der Waals surface area (Å²) in [6.07, 6.45) is 4.96. The van der Waals surface area contributed by atoms with Crippen LogP contribution in [0.2, 0.25) is 0 Å². The van der Waals surface area contributed by atoms with E-state index in [1.807, 2.05) is 0 Å². The smallest absolute Gasteiger partial charge is 0.0481 e. The molecular formula is C15H21N3. The molecule has 0 amide bonds. The van der Waals surface area contributed by atoms with E-state index in [-0.39, 0.29) is 0 Å². The van der Waals surface area contributed by atoms with Gasteiger partial charge >= 0.3 is 0 Å². The second kappa shape index (κ2) is 5.12. The van der Waals surface area contributed by atoms with Crippen LogP contribution in [0, 0.1) is 0 Å². The number of hydrogen-bond acceptors (Lipinski definition) is 2. The van der Waals surface area contributed by atoms with E-state index >= 15 is 0 Å². The molecule has 1 fully saturated rings. The molecule has 3 heteroatoms. The SMILES string of the molecule is Cn1cc(CNCCNC2CC2)c2ccccc21. The maximum atomic E-state index is 3.52. The molecule has 0 spiro atoms. The van der Waals surface area contributed by atoms with E-state index in [1.165, 1.54) is 29.3 Å². The van der Waals surface area contributed by atoms with Crippen LogP contribution in [0.5, 0.6) is 0 Å². The summed E-state index contributed by atoms with van der Waals surface area (Å²) in [5.74, 6) is 0. The first-order valence-corrected chi connectivity index (χ1v) is 6.81. The minimum atomic E-state index is 0.810. The van der Waals surface area contributed by atoms with Crippen LogP contribution in [0.3, 0.4) is 0 Å². The van der Waals surface area contributed by atoms with Gasteiger partial charge in [0.1, 0.15) is 0 Å². The number of fused-ring (bicyclic) bond motifs is 1. The van der Waals surface area contributed by atoms with E-state index in [1.54, 1.807) is 0 Å². The van der Waals surface area contributed by atoms with Gasteiger partial charge < -0.3 is 15.2 Å². The average Bonchev–Trinajstić information content (AvgIpc) is 3.16. The Balaban J connectivity index is 1.56. The highest BCUT2D eigenvalue weighted by atomic mass is 15.0. The van der Waals surface area contributed by atoms with Gasteiger partial charge in [0.25, 0.3) is 0 Å². The van der Waals surface area contributed by atoms with Crippen LogP contribution in [0.15, 0.2) is 30.5 Å². The summed E-state index contributed by atoms with van der Waals surface area (Å²) in [5, 5.41) is 8.40. The zero-order valence-corrected chi connectivity index (χ0v) is 10.9. The number of para-hydroxylation sites is 1. The van der Waals surface area contributed by atoms with Crippen molar-refractivity contribution in [2.24, 2.45) is 7.05 Å². The van der Waals surface area contributed by atoms with Crippen molar-refractivity contribution in [3.05, 3.63) is 36.0 Å². The number of benzene rings is 1. The normalized spacial score (nSPS) is 15.4.